The number of hydrogen-bond acceptors (Lipinski definition) is 1. The molecule has 1 nitrogen and oxygen atoms in total. The van der Waals surface area contributed by atoms with E-state index in [1.54, 1.807) is 0 Å². The summed E-state index contributed by atoms with van der Waals surface area (Å²) in [6, 6.07) is 8.08. The molecule has 3 rings (SSSR count). The highest BCUT2D eigenvalue weighted by atomic mass is 35.5. The fourth-order valence-electron chi connectivity index (χ4n) is 2.00. The first-order valence-corrected chi connectivity index (χ1v) is 5.09. The number of epoxide rings is 1. The van der Waals surface area contributed by atoms with E-state index in [4.69, 9.17) is 16.3 Å². The van der Waals surface area contributed by atoms with E-state index in [0.717, 1.165) is 17.5 Å². The smallest absolute Gasteiger partial charge is 0.119 e. The molecule has 1 aliphatic carbocycles. The van der Waals surface area contributed by atoms with E-state index in [0.29, 0.717) is 0 Å². The van der Waals surface area contributed by atoms with E-state index in [-0.39, 0.29) is 5.60 Å². The first-order chi connectivity index (χ1) is 6.31. The van der Waals surface area contributed by atoms with Gasteiger partial charge in [0, 0.05) is 5.02 Å². The molecule has 1 heterocycles. The van der Waals surface area contributed by atoms with Crippen molar-refractivity contribution in [3.05, 3.63) is 34.9 Å². The number of ether oxygens (including phenoxy) is 1. The second-order valence-corrected chi connectivity index (χ2v) is 4.40. The summed E-state index contributed by atoms with van der Waals surface area (Å²) < 4.78 is 5.60. The first kappa shape index (κ1) is 7.84. The van der Waals surface area contributed by atoms with Crippen LogP contribution in [0.1, 0.15) is 18.4 Å². The van der Waals surface area contributed by atoms with Crippen molar-refractivity contribution < 1.29 is 4.74 Å². The molecule has 68 valence electrons. The van der Waals surface area contributed by atoms with Crippen LogP contribution in [0, 0.1) is 5.92 Å². The van der Waals surface area contributed by atoms with Crippen LogP contribution in [0.3, 0.4) is 0 Å². The minimum absolute atomic E-state index is 0.0879. The van der Waals surface area contributed by atoms with Gasteiger partial charge in [-0.15, -0.1) is 0 Å². The van der Waals surface area contributed by atoms with Crippen molar-refractivity contribution >= 4 is 11.6 Å². The lowest BCUT2D eigenvalue weighted by Crippen LogP contribution is -2.10. The lowest BCUT2D eigenvalue weighted by Gasteiger charge is -2.10. The molecule has 1 aromatic rings. The van der Waals surface area contributed by atoms with Gasteiger partial charge in [-0.25, -0.2) is 0 Å². The average Bonchev–Trinajstić information content (AvgIpc) is 3.00. The third-order valence-corrected chi connectivity index (χ3v) is 3.28. The van der Waals surface area contributed by atoms with Gasteiger partial charge in [0.1, 0.15) is 5.60 Å². The second-order valence-electron chi connectivity index (χ2n) is 3.96. The maximum atomic E-state index is 5.84. The third-order valence-electron chi connectivity index (χ3n) is 3.03. The average molecular weight is 195 g/mol. The Bertz CT molecular complexity index is 322. The van der Waals surface area contributed by atoms with Crippen molar-refractivity contribution in [2.45, 2.75) is 18.4 Å². The minimum atomic E-state index is 0.0879. The van der Waals surface area contributed by atoms with Crippen molar-refractivity contribution in [1.29, 1.82) is 0 Å². The molecule has 0 N–H and O–H groups in total. The number of halogens is 1. The first-order valence-electron chi connectivity index (χ1n) is 4.71. The molecular weight excluding hydrogens is 184 g/mol. The van der Waals surface area contributed by atoms with Crippen LogP contribution in [-0.2, 0) is 10.3 Å². The number of rotatable bonds is 2. The third kappa shape index (κ3) is 1.18. The van der Waals surface area contributed by atoms with E-state index < -0.39 is 0 Å². The van der Waals surface area contributed by atoms with Gasteiger partial charge in [-0.2, -0.15) is 0 Å². The molecule has 2 fully saturated rings. The molecule has 1 saturated heterocycles. The molecule has 2 heteroatoms. The Balaban J connectivity index is 1.95. The summed E-state index contributed by atoms with van der Waals surface area (Å²) in [6.45, 7) is 0.902. The topological polar surface area (TPSA) is 12.5 Å². The standard InChI is InChI=1S/C11H11ClO/c12-10-5-3-9(4-6-10)11(7-13-11)8-1-2-8/h3-6,8H,1-2,7H2. The summed E-state index contributed by atoms with van der Waals surface area (Å²) in [5.74, 6) is 0.772. The Hall–Kier alpha value is -0.530. The second kappa shape index (κ2) is 2.49. The summed E-state index contributed by atoms with van der Waals surface area (Å²) in [5, 5.41) is 0.801. The molecule has 0 amide bonds. The molecule has 1 atom stereocenters. The Morgan fingerprint density at radius 1 is 1.23 bits per heavy atom. The maximum absolute atomic E-state index is 5.84. The number of benzene rings is 1. The van der Waals surface area contributed by atoms with E-state index in [1.165, 1.54) is 18.4 Å². The molecule has 1 aromatic carbocycles. The fraction of sp³-hybridized carbons (Fsp3) is 0.455. The minimum Gasteiger partial charge on any atom is -0.364 e. The van der Waals surface area contributed by atoms with Crippen molar-refractivity contribution in [2.75, 3.05) is 6.61 Å². The molecule has 2 aliphatic rings. The van der Waals surface area contributed by atoms with Gasteiger partial charge in [0.15, 0.2) is 0 Å². The van der Waals surface area contributed by atoms with Crippen LogP contribution in [0.2, 0.25) is 5.02 Å². The molecule has 0 spiro atoms. The molecule has 1 aliphatic heterocycles. The van der Waals surface area contributed by atoms with Gasteiger partial charge < -0.3 is 4.74 Å². The highest BCUT2D eigenvalue weighted by Gasteiger charge is 2.57. The Morgan fingerprint density at radius 2 is 1.85 bits per heavy atom. The SMILES string of the molecule is Clc1ccc(C2(C3CC3)CO2)cc1. The maximum Gasteiger partial charge on any atom is 0.119 e. The normalized spacial score (nSPS) is 31.8. The summed E-state index contributed by atoms with van der Waals surface area (Å²) in [4.78, 5) is 0. The van der Waals surface area contributed by atoms with Crippen molar-refractivity contribution in [1.82, 2.24) is 0 Å². The highest BCUT2D eigenvalue weighted by molar-refractivity contribution is 6.30. The Morgan fingerprint density at radius 3 is 2.31 bits per heavy atom. The van der Waals surface area contributed by atoms with Crippen molar-refractivity contribution in [3.63, 3.8) is 0 Å². The van der Waals surface area contributed by atoms with E-state index in [9.17, 15) is 0 Å². The van der Waals surface area contributed by atoms with Crippen LogP contribution in [0.25, 0.3) is 0 Å². The highest BCUT2D eigenvalue weighted by Crippen LogP contribution is 2.56. The van der Waals surface area contributed by atoms with E-state index in [1.807, 2.05) is 12.1 Å². The van der Waals surface area contributed by atoms with Gasteiger partial charge >= 0.3 is 0 Å². The summed E-state index contributed by atoms with van der Waals surface area (Å²) in [6.07, 6.45) is 2.64. The molecule has 13 heavy (non-hydrogen) atoms. The summed E-state index contributed by atoms with van der Waals surface area (Å²) in [7, 11) is 0. The van der Waals surface area contributed by atoms with Gasteiger partial charge in [-0.1, -0.05) is 23.7 Å². The van der Waals surface area contributed by atoms with Crippen LogP contribution in [-0.4, -0.2) is 6.61 Å². The summed E-state index contributed by atoms with van der Waals surface area (Å²) in [5.41, 5.74) is 1.39. The Labute approximate surface area is 82.7 Å². The van der Waals surface area contributed by atoms with Gasteiger partial charge in [-0.3, -0.25) is 0 Å². The monoisotopic (exact) mass is 194 g/mol. The van der Waals surface area contributed by atoms with Crippen LogP contribution in [0.15, 0.2) is 24.3 Å². The predicted octanol–water partition coefficient (Wildman–Crippen LogP) is 2.98. The largest absolute Gasteiger partial charge is 0.364 e. The molecule has 0 radical (unpaired) electrons. The van der Waals surface area contributed by atoms with Crippen LogP contribution in [0.4, 0.5) is 0 Å². The molecule has 1 saturated carbocycles. The van der Waals surface area contributed by atoms with Gasteiger partial charge in [0.25, 0.3) is 0 Å². The van der Waals surface area contributed by atoms with Gasteiger partial charge in [0.2, 0.25) is 0 Å². The zero-order chi connectivity index (χ0) is 8.89. The fourth-order valence-corrected chi connectivity index (χ4v) is 2.12. The number of hydrogen-bond donors (Lipinski definition) is 0. The molecule has 0 aromatic heterocycles. The van der Waals surface area contributed by atoms with E-state index in [2.05, 4.69) is 12.1 Å². The van der Waals surface area contributed by atoms with E-state index >= 15 is 0 Å². The lowest BCUT2D eigenvalue weighted by molar-refractivity contribution is 0.278. The summed E-state index contributed by atoms with van der Waals surface area (Å²) >= 11 is 5.84. The zero-order valence-electron chi connectivity index (χ0n) is 7.29. The molecule has 0 bridgehead atoms. The van der Waals surface area contributed by atoms with Crippen LogP contribution >= 0.6 is 11.6 Å². The van der Waals surface area contributed by atoms with Crippen LogP contribution in [0.5, 0.6) is 0 Å². The zero-order valence-corrected chi connectivity index (χ0v) is 8.05. The van der Waals surface area contributed by atoms with Crippen molar-refractivity contribution in [2.24, 2.45) is 5.92 Å². The molecular formula is C11H11ClO. The Kier molecular flexibility index (Phi) is 1.50. The van der Waals surface area contributed by atoms with Gasteiger partial charge in [-0.05, 0) is 36.5 Å². The van der Waals surface area contributed by atoms with Crippen LogP contribution < -0.4 is 0 Å². The predicted molar refractivity (Wildman–Crippen MR) is 51.8 cm³/mol. The lowest BCUT2D eigenvalue weighted by atomic mass is 9.95. The quantitative estimate of drug-likeness (QED) is 0.660. The van der Waals surface area contributed by atoms with Gasteiger partial charge in [0.05, 0.1) is 6.61 Å². The molecule has 1 unspecified atom stereocenters. The van der Waals surface area contributed by atoms with Crippen molar-refractivity contribution in [3.8, 4) is 0 Å².